The lowest BCUT2D eigenvalue weighted by molar-refractivity contribution is 0.0953. The molecular weight excluding hydrogens is 432 g/mol. The topological polar surface area (TPSA) is 75.7 Å². The van der Waals surface area contributed by atoms with Crippen molar-refractivity contribution in [3.63, 3.8) is 0 Å². The molecule has 0 saturated carbocycles. The summed E-state index contributed by atoms with van der Waals surface area (Å²) in [6, 6.07) is 11.9. The van der Waals surface area contributed by atoms with Crippen LogP contribution in [0.3, 0.4) is 0 Å². The molecule has 0 aromatic heterocycles. The lowest BCUT2D eigenvalue weighted by Gasteiger charge is -2.17. The van der Waals surface area contributed by atoms with Gasteiger partial charge in [0.05, 0.1) is 17.6 Å². The van der Waals surface area contributed by atoms with E-state index in [0.717, 1.165) is 17.7 Å². The van der Waals surface area contributed by atoms with Gasteiger partial charge in [-0.3, -0.25) is 4.79 Å². The van der Waals surface area contributed by atoms with E-state index >= 15 is 0 Å². The van der Waals surface area contributed by atoms with E-state index in [4.69, 9.17) is 16.3 Å². The van der Waals surface area contributed by atoms with Gasteiger partial charge in [-0.2, -0.15) is 4.31 Å². The third-order valence-corrected chi connectivity index (χ3v) is 7.75. The summed E-state index contributed by atoms with van der Waals surface area (Å²) >= 11 is 7.47. The zero-order valence-electron chi connectivity index (χ0n) is 16.1. The van der Waals surface area contributed by atoms with Crippen molar-refractivity contribution in [3.8, 4) is 5.75 Å². The molecule has 29 heavy (non-hydrogen) atoms. The van der Waals surface area contributed by atoms with Gasteiger partial charge in [0, 0.05) is 35.3 Å². The van der Waals surface area contributed by atoms with Crippen molar-refractivity contribution in [2.75, 3.05) is 32.5 Å². The Labute approximate surface area is 180 Å². The maximum absolute atomic E-state index is 12.8. The lowest BCUT2D eigenvalue weighted by atomic mass is 10.2. The Bertz CT molecular complexity index is 959. The van der Waals surface area contributed by atoms with Gasteiger partial charge in [-0.25, -0.2) is 8.42 Å². The maximum Gasteiger partial charge on any atom is 0.255 e. The molecule has 2 aromatic carbocycles. The number of carbonyl (C=O) groups is 1. The second-order valence-electron chi connectivity index (χ2n) is 6.53. The SMILES string of the molecule is COc1ccc(S(=O)(=O)N2CCCC2)cc1C(=O)NCCSc1ccc(Cl)cc1. The van der Waals surface area contributed by atoms with E-state index in [-0.39, 0.29) is 16.4 Å². The third kappa shape index (κ3) is 5.45. The molecule has 6 nitrogen and oxygen atoms in total. The molecule has 1 fully saturated rings. The number of rotatable bonds is 8. The lowest BCUT2D eigenvalue weighted by Crippen LogP contribution is -2.29. The molecule has 0 spiro atoms. The van der Waals surface area contributed by atoms with Crippen LogP contribution in [0.1, 0.15) is 23.2 Å². The van der Waals surface area contributed by atoms with Gasteiger partial charge in [0.1, 0.15) is 5.75 Å². The van der Waals surface area contributed by atoms with Gasteiger partial charge >= 0.3 is 0 Å². The second kappa shape index (κ2) is 9.84. The number of carbonyl (C=O) groups excluding carboxylic acids is 1. The van der Waals surface area contributed by atoms with Crippen LogP contribution in [0.15, 0.2) is 52.3 Å². The fourth-order valence-corrected chi connectivity index (χ4v) is 5.50. The number of nitrogens with zero attached hydrogens (tertiary/aromatic N) is 1. The van der Waals surface area contributed by atoms with Gasteiger partial charge in [-0.1, -0.05) is 11.6 Å². The Morgan fingerprint density at radius 2 is 1.86 bits per heavy atom. The molecule has 1 aliphatic rings. The highest BCUT2D eigenvalue weighted by molar-refractivity contribution is 7.99. The molecule has 0 radical (unpaired) electrons. The quantitative estimate of drug-likeness (QED) is 0.486. The summed E-state index contributed by atoms with van der Waals surface area (Å²) in [7, 11) is -2.15. The van der Waals surface area contributed by atoms with Gasteiger partial charge in [-0.05, 0) is 55.3 Å². The zero-order valence-corrected chi connectivity index (χ0v) is 18.4. The Balaban J connectivity index is 1.66. The van der Waals surface area contributed by atoms with Crippen molar-refractivity contribution in [2.45, 2.75) is 22.6 Å². The number of halogens is 1. The predicted molar refractivity (Wildman–Crippen MR) is 115 cm³/mol. The molecule has 1 heterocycles. The molecule has 2 aromatic rings. The molecule has 0 unspecified atom stereocenters. The molecule has 1 N–H and O–H groups in total. The van der Waals surface area contributed by atoms with Crippen LogP contribution in [-0.2, 0) is 10.0 Å². The first-order valence-corrected chi connectivity index (χ1v) is 12.1. The standard InChI is InChI=1S/C20H23ClN2O4S2/c1-27-19-9-8-17(29(25,26)23-11-2-3-12-23)14-18(19)20(24)22-10-13-28-16-6-4-15(21)5-7-16/h4-9,14H,2-3,10-13H2,1H3,(H,22,24). The highest BCUT2D eigenvalue weighted by Crippen LogP contribution is 2.26. The van der Waals surface area contributed by atoms with Crippen molar-refractivity contribution in [3.05, 3.63) is 53.1 Å². The van der Waals surface area contributed by atoms with E-state index < -0.39 is 10.0 Å². The summed E-state index contributed by atoms with van der Waals surface area (Å²) in [6.07, 6.45) is 1.71. The Morgan fingerprint density at radius 3 is 2.52 bits per heavy atom. The average molecular weight is 455 g/mol. The number of thioether (sulfide) groups is 1. The first-order chi connectivity index (χ1) is 13.9. The van der Waals surface area contributed by atoms with Crippen molar-refractivity contribution < 1.29 is 17.9 Å². The highest BCUT2D eigenvalue weighted by Gasteiger charge is 2.28. The highest BCUT2D eigenvalue weighted by atomic mass is 35.5. The number of hydrogen-bond acceptors (Lipinski definition) is 5. The first kappa shape index (κ1) is 22.0. The fourth-order valence-electron chi connectivity index (χ4n) is 3.06. The van der Waals surface area contributed by atoms with E-state index in [9.17, 15) is 13.2 Å². The van der Waals surface area contributed by atoms with Gasteiger partial charge in [0.15, 0.2) is 0 Å². The number of methoxy groups -OCH3 is 1. The summed E-state index contributed by atoms with van der Waals surface area (Å²) in [5.41, 5.74) is 0.212. The van der Waals surface area contributed by atoms with Crippen LogP contribution < -0.4 is 10.1 Å². The third-order valence-electron chi connectivity index (χ3n) is 4.59. The average Bonchev–Trinajstić information content (AvgIpc) is 3.27. The number of hydrogen-bond donors (Lipinski definition) is 1. The summed E-state index contributed by atoms with van der Waals surface area (Å²) in [4.78, 5) is 13.8. The normalized spacial score (nSPS) is 14.7. The first-order valence-electron chi connectivity index (χ1n) is 9.26. The molecule has 1 saturated heterocycles. The molecule has 1 aliphatic heterocycles. The van der Waals surface area contributed by atoms with Crippen LogP contribution in [0, 0.1) is 0 Å². The van der Waals surface area contributed by atoms with Crippen LogP contribution in [0.5, 0.6) is 5.75 Å². The van der Waals surface area contributed by atoms with Gasteiger partial charge in [-0.15, -0.1) is 11.8 Å². The smallest absolute Gasteiger partial charge is 0.255 e. The molecule has 0 aliphatic carbocycles. The van der Waals surface area contributed by atoms with E-state index in [1.807, 2.05) is 24.3 Å². The Kier molecular flexibility index (Phi) is 7.45. The van der Waals surface area contributed by atoms with Crippen molar-refractivity contribution >= 4 is 39.3 Å². The Morgan fingerprint density at radius 1 is 1.17 bits per heavy atom. The summed E-state index contributed by atoms with van der Waals surface area (Å²) in [6.45, 7) is 1.45. The summed E-state index contributed by atoms with van der Waals surface area (Å²) < 4.78 is 32.3. The van der Waals surface area contributed by atoms with Crippen molar-refractivity contribution in [1.29, 1.82) is 0 Å². The van der Waals surface area contributed by atoms with Gasteiger partial charge in [0.2, 0.25) is 10.0 Å². The van der Waals surface area contributed by atoms with Crippen LogP contribution >= 0.6 is 23.4 Å². The minimum absolute atomic E-state index is 0.112. The largest absolute Gasteiger partial charge is 0.496 e. The summed E-state index contributed by atoms with van der Waals surface area (Å²) in [5, 5.41) is 3.51. The maximum atomic E-state index is 12.8. The zero-order chi connectivity index (χ0) is 20.9. The Hall–Kier alpha value is -1.74. The fraction of sp³-hybridized carbons (Fsp3) is 0.350. The van der Waals surface area contributed by atoms with Crippen molar-refractivity contribution in [2.24, 2.45) is 0 Å². The number of ether oxygens (including phenoxy) is 1. The van der Waals surface area contributed by atoms with E-state index in [2.05, 4.69) is 5.32 Å². The van der Waals surface area contributed by atoms with E-state index in [1.165, 1.54) is 29.6 Å². The monoisotopic (exact) mass is 454 g/mol. The molecule has 9 heteroatoms. The van der Waals surface area contributed by atoms with Crippen LogP contribution in [0.4, 0.5) is 0 Å². The summed E-state index contributed by atoms with van der Waals surface area (Å²) in [5.74, 6) is 0.645. The van der Waals surface area contributed by atoms with Gasteiger partial charge < -0.3 is 10.1 Å². The molecular formula is C20H23ClN2O4S2. The molecule has 3 rings (SSSR count). The predicted octanol–water partition coefficient (Wildman–Crippen LogP) is 3.66. The van der Waals surface area contributed by atoms with Crippen molar-refractivity contribution in [1.82, 2.24) is 9.62 Å². The molecule has 0 atom stereocenters. The van der Waals surface area contributed by atoms with Crippen LogP contribution in [0.25, 0.3) is 0 Å². The minimum Gasteiger partial charge on any atom is -0.496 e. The number of amides is 1. The number of benzene rings is 2. The number of sulfonamides is 1. The second-order valence-corrected chi connectivity index (χ2v) is 10.1. The minimum atomic E-state index is -3.60. The molecule has 0 bridgehead atoms. The molecule has 156 valence electrons. The van der Waals surface area contributed by atoms with E-state index in [1.54, 1.807) is 11.8 Å². The van der Waals surface area contributed by atoms with Crippen LogP contribution in [-0.4, -0.2) is 51.1 Å². The number of nitrogens with one attached hydrogen (secondary N) is 1. The molecule has 1 amide bonds. The van der Waals surface area contributed by atoms with E-state index in [0.29, 0.717) is 36.2 Å². The van der Waals surface area contributed by atoms with Crippen LogP contribution in [0.2, 0.25) is 5.02 Å². The van der Waals surface area contributed by atoms with Gasteiger partial charge in [0.25, 0.3) is 5.91 Å².